The quantitative estimate of drug-likeness (QED) is 0.563. The normalized spacial score (nSPS) is 18.0. The topological polar surface area (TPSA) is 21.3 Å². The van der Waals surface area contributed by atoms with Crippen LogP contribution in [0.3, 0.4) is 0 Å². The monoisotopic (exact) mass is 213 g/mol. The van der Waals surface area contributed by atoms with E-state index >= 15 is 0 Å². The molecule has 2 nitrogen and oxygen atoms in total. The lowest BCUT2D eigenvalue weighted by Crippen LogP contribution is -2.25. The summed E-state index contributed by atoms with van der Waals surface area (Å²) >= 11 is 0. The van der Waals surface area contributed by atoms with Gasteiger partial charge in [-0.25, -0.2) is 0 Å². The van der Waals surface area contributed by atoms with Gasteiger partial charge >= 0.3 is 0 Å². The van der Waals surface area contributed by atoms with Crippen LogP contribution >= 0.6 is 0 Å². The molecule has 1 aliphatic rings. The van der Waals surface area contributed by atoms with E-state index in [0.29, 0.717) is 0 Å². The maximum atomic E-state index is 5.55. The summed E-state index contributed by atoms with van der Waals surface area (Å²) in [6, 6.07) is 0.848. The van der Waals surface area contributed by atoms with E-state index in [1.54, 1.807) is 0 Å². The molecule has 1 unspecified atom stereocenters. The highest BCUT2D eigenvalue weighted by Crippen LogP contribution is 2.20. The van der Waals surface area contributed by atoms with E-state index in [4.69, 9.17) is 4.74 Å². The third-order valence-electron chi connectivity index (χ3n) is 2.99. The number of hydrogen-bond acceptors (Lipinski definition) is 2. The number of rotatable bonds is 10. The predicted molar refractivity (Wildman–Crippen MR) is 65.1 cm³/mol. The van der Waals surface area contributed by atoms with Crippen LogP contribution in [0.1, 0.15) is 52.4 Å². The van der Waals surface area contributed by atoms with Crippen LogP contribution in [0.15, 0.2) is 0 Å². The molecular weight excluding hydrogens is 186 g/mol. The molecule has 90 valence electrons. The largest absolute Gasteiger partial charge is 0.381 e. The summed E-state index contributed by atoms with van der Waals surface area (Å²) in [5.74, 6) is 0.826. The molecule has 1 aliphatic carbocycles. The van der Waals surface area contributed by atoms with Crippen molar-refractivity contribution in [2.45, 2.75) is 58.4 Å². The van der Waals surface area contributed by atoms with Crippen LogP contribution in [0, 0.1) is 5.92 Å². The Hall–Kier alpha value is -0.0800. The molecule has 1 rings (SSSR count). The molecule has 0 aliphatic heterocycles. The summed E-state index contributed by atoms with van der Waals surface area (Å²) in [6.45, 7) is 7.52. The van der Waals surface area contributed by atoms with Gasteiger partial charge in [0.1, 0.15) is 0 Å². The highest BCUT2D eigenvalue weighted by Gasteiger charge is 2.21. The second-order valence-corrected chi connectivity index (χ2v) is 4.74. The van der Waals surface area contributed by atoms with Crippen molar-refractivity contribution in [1.82, 2.24) is 5.32 Å². The van der Waals surface area contributed by atoms with E-state index in [1.807, 2.05) is 0 Å². The predicted octanol–water partition coefficient (Wildman–Crippen LogP) is 2.97. The van der Waals surface area contributed by atoms with Gasteiger partial charge < -0.3 is 10.1 Å². The van der Waals surface area contributed by atoms with Crippen LogP contribution in [0.2, 0.25) is 0 Å². The van der Waals surface area contributed by atoms with Crippen molar-refractivity contribution < 1.29 is 4.74 Å². The SMILES string of the molecule is CCCOCCC(CCC)CNC1CC1. The van der Waals surface area contributed by atoms with Gasteiger partial charge in [0, 0.05) is 19.3 Å². The molecule has 1 atom stereocenters. The van der Waals surface area contributed by atoms with E-state index in [-0.39, 0.29) is 0 Å². The summed E-state index contributed by atoms with van der Waals surface area (Å²) in [5, 5.41) is 3.63. The Morgan fingerprint density at radius 3 is 2.53 bits per heavy atom. The smallest absolute Gasteiger partial charge is 0.0469 e. The fraction of sp³-hybridized carbons (Fsp3) is 1.00. The molecule has 0 radical (unpaired) electrons. The first-order valence-corrected chi connectivity index (χ1v) is 6.68. The second kappa shape index (κ2) is 8.12. The van der Waals surface area contributed by atoms with Crippen LogP contribution in [0.25, 0.3) is 0 Å². The fourth-order valence-electron chi connectivity index (χ4n) is 1.87. The van der Waals surface area contributed by atoms with Gasteiger partial charge in [-0.2, -0.15) is 0 Å². The third kappa shape index (κ3) is 6.91. The van der Waals surface area contributed by atoms with Gasteiger partial charge in [0.15, 0.2) is 0 Å². The molecule has 15 heavy (non-hydrogen) atoms. The number of hydrogen-bond donors (Lipinski definition) is 1. The molecule has 0 heterocycles. The minimum absolute atomic E-state index is 0.826. The van der Waals surface area contributed by atoms with Crippen molar-refractivity contribution >= 4 is 0 Å². The molecule has 0 amide bonds. The standard InChI is InChI=1S/C13H27NO/c1-3-5-12(8-10-15-9-4-2)11-14-13-6-7-13/h12-14H,3-11H2,1-2H3. The van der Waals surface area contributed by atoms with Crippen molar-refractivity contribution in [2.75, 3.05) is 19.8 Å². The van der Waals surface area contributed by atoms with Crippen molar-refractivity contribution in [1.29, 1.82) is 0 Å². The van der Waals surface area contributed by atoms with Gasteiger partial charge in [-0.15, -0.1) is 0 Å². The molecule has 0 saturated heterocycles. The van der Waals surface area contributed by atoms with Gasteiger partial charge in [-0.05, 0) is 44.6 Å². The van der Waals surface area contributed by atoms with Crippen LogP contribution in [0.4, 0.5) is 0 Å². The molecule has 0 aromatic rings. The third-order valence-corrected chi connectivity index (χ3v) is 2.99. The molecule has 0 aromatic heterocycles. The highest BCUT2D eigenvalue weighted by atomic mass is 16.5. The number of ether oxygens (including phenoxy) is 1. The zero-order valence-electron chi connectivity index (χ0n) is 10.4. The van der Waals surface area contributed by atoms with Gasteiger partial charge in [-0.3, -0.25) is 0 Å². The lowest BCUT2D eigenvalue weighted by molar-refractivity contribution is 0.118. The van der Waals surface area contributed by atoms with E-state index in [1.165, 1.54) is 38.6 Å². The molecule has 1 saturated carbocycles. The van der Waals surface area contributed by atoms with Crippen LogP contribution in [-0.2, 0) is 4.74 Å². The molecule has 0 bridgehead atoms. The van der Waals surface area contributed by atoms with Gasteiger partial charge in [0.25, 0.3) is 0 Å². The van der Waals surface area contributed by atoms with Gasteiger partial charge in [0.05, 0.1) is 0 Å². The van der Waals surface area contributed by atoms with Gasteiger partial charge in [-0.1, -0.05) is 20.3 Å². The maximum Gasteiger partial charge on any atom is 0.0469 e. The second-order valence-electron chi connectivity index (χ2n) is 4.74. The minimum Gasteiger partial charge on any atom is -0.381 e. The zero-order valence-corrected chi connectivity index (χ0v) is 10.4. The van der Waals surface area contributed by atoms with E-state index < -0.39 is 0 Å². The van der Waals surface area contributed by atoms with Crippen molar-refractivity contribution in [3.63, 3.8) is 0 Å². The minimum atomic E-state index is 0.826. The molecule has 0 aromatic carbocycles. The molecular formula is C13H27NO. The van der Waals surface area contributed by atoms with Crippen LogP contribution < -0.4 is 5.32 Å². The van der Waals surface area contributed by atoms with E-state index in [9.17, 15) is 0 Å². The van der Waals surface area contributed by atoms with Crippen LogP contribution in [0.5, 0.6) is 0 Å². The molecule has 1 fully saturated rings. The Morgan fingerprint density at radius 1 is 1.13 bits per heavy atom. The Kier molecular flexibility index (Phi) is 7.03. The average Bonchev–Trinajstić information content (AvgIpc) is 3.04. The first-order valence-electron chi connectivity index (χ1n) is 6.68. The Balaban J connectivity index is 1.99. The zero-order chi connectivity index (χ0) is 10.9. The maximum absolute atomic E-state index is 5.55. The summed E-state index contributed by atoms with van der Waals surface area (Å²) in [4.78, 5) is 0. The summed E-state index contributed by atoms with van der Waals surface area (Å²) in [5.41, 5.74) is 0. The first kappa shape index (κ1) is 13.0. The van der Waals surface area contributed by atoms with E-state index in [0.717, 1.165) is 31.6 Å². The number of nitrogens with one attached hydrogen (secondary N) is 1. The summed E-state index contributed by atoms with van der Waals surface area (Å²) < 4.78 is 5.55. The average molecular weight is 213 g/mol. The van der Waals surface area contributed by atoms with E-state index in [2.05, 4.69) is 19.2 Å². The Morgan fingerprint density at radius 2 is 1.93 bits per heavy atom. The van der Waals surface area contributed by atoms with Gasteiger partial charge in [0.2, 0.25) is 0 Å². The fourth-order valence-corrected chi connectivity index (χ4v) is 1.87. The molecule has 2 heteroatoms. The van der Waals surface area contributed by atoms with Crippen molar-refractivity contribution in [3.8, 4) is 0 Å². The Bertz CT molecular complexity index is 145. The first-order chi connectivity index (χ1) is 7.36. The molecule has 1 N–H and O–H groups in total. The van der Waals surface area contributed by atoms with Crippen LogP contribution in [-0.4, -0.2) is 25.8 Å². The summed E-state index contributed by atoms with van der Waals surface area (Å²) in [7, 11) is 0. The lowest BCUT2D eigenvalue weighted by Gasteiger charge is -2.16. The summed E-state index contributed by atoms with van der Waals surface area (Å²) in [6.07, 6.45) is 7.79. The highest BCUT2D eigenvalue weighted by molar-refractivity contribution is 4.81. The molecule has 0 spiro atoms. The Labute approximate surface area is 94.8 Å². The lowest BCUT2D eigenvalue weighted by atomic mass is 10.0. The van der Waals surface area contributed by atoms with Crippen molar-refractivity contribution in [3.05, 3.63) is 0 Å². The van der Waals surface area contributed by atoms with Crippen molar-refractivity contribution in [2.24, 2.45) is 5.92 Å².